The van der Waals surface area contributed by atoms with Gasteiger partial charge >= 0.3 is 0 Å². The van der Waals surface area contributed by atoms with Crippen molar-refractivity contribution in [2.45, 2.75) is 6.92 Å². The predicted molar refractivity (Wildman–Crippen MR) is 62.7 cm³/mol. The fourth-order valence-corrected chi connectivity index (χ4v) is 1.66. The molecule has 0 unspecified atom stereocenters. The van der Waals surface area contributed by atoms with E-state index in [1.165, 1.54) is 0 Å². The Balaban J connectivity index is 3.13. The van der Waals surface area contributed by atoms with Gasteiger partial charge < -0.3 is 10.2 Å². The van der Waals surface area contributed by atoms with Gasteiger partial charge in [-0.3, -0.25) is 0 Å². The van der Waals surface area contributed by atoms with Crippen LogP contribution in [0, 0.1) is 0 Å². The van der Waals surface area contributed by atoms with Gasteiger partial charge in [-0.1, -0.05) is 23.2 Å². The zero-order chi connectivity index (χ0) is 10.7. The molecule has 0 saturated carbocycles. The topological polar surface area (TPSA) is 28.2 Å². The number of nitrogens with one attached hydrogen (secondary N) is 1. The zero-order valence-corrected chi connectivity index (χ0v) is 9.95. The number of aromatic nitrogens is 1. The maximum absolute atomic E-state index is 5.98. The van der Waals surface area contributed by atoms with Gasteiger partial charge in [0, 0.05) is 20.6 Å². The van der Waals surface area contributed by atoms with Crippen LogP contribution in [0.3, 0.4) is 0 Å². The number of hydrogen-bond donors (Lipinski definition) is 1. The highest BCUT2D eigenvalue weighted by molar-refractivity contribution is 6.37. The molecule has 78 valence electrons. The third-order valence-electron chi connectivity index (χ3n) is 1.68. The number of pyridine rings is 1. The Labute approximate surface area is 94.0 Å². The van der Waals surface area contributed by atoms with Crippen LogP contribution in [0.15, 0.2) is 6.07 Å². The summed E-state index contributed by atoms with van der Waals surface area (Å²) in [7, 11) is 3.77. The first-order valence-corrected chi connectivity index (χ1v) is 5.09. The smallest absolute Gasteiger partial charge is 0.149 e. The minimum atomic E-state index is 0.544. The molecule has 0 spiro atoms. The van der Waals surface area contributed by atoms with Crippen molar-refractivity contribution in [3.63, 3.8) is 0 Å². The van der Waals surface area contributed by atoms with Crippen LogP contribution in [0.1, 0.15) is 6.92 Å². The molecule has 0 radical (unpaired) electrons. The molecule has 5 heteroatoms. The van der Waals surface area contributed by atoms with E-state index in [2.05, 4.69) is 10.3 Å². The van der Waals surface area contributed by atoms with E-state index in [1.807, 2.05) is 25.9 Å². The summed E-state index contributed by atoms with van der Waals surface area (Å²) < 4.78 is 0. The molecule has 1 aromatic rings. The summed E-state index contributed by atoms with van der Waals surface area (Å²) in [5, 5.41) is 4.17. The van der Waals surface area contributed by atoms with Gasteiger partial charge in [0.1, 0.15) is 11.6 Å². The highest BCUT2D eigenvalue weighted by Crippen LogP contribution is 2.30. The molecular formula is C9H13Cl2N3. The molecule has 0 bridgehead atoms. The van der Waals surface area contributed by atoms with Crippen LogP contribution in [0.2, 0.25) is 10.0 Å². The van der Waals surface area contributed by atoms with E-state index in [4.69, 9.17) is 23.2 Å². The Kier molecular flexibility index (Phi) is 3.84. The molecule has 1 aromatic heterocycles. The van der Waals surface area contributed by atoms with Crippen LogP contribution in [-0.2, 0) is 0 Å². The minimum absolute atomic E-state index is 0.544. The molecule has 1 rings (SSSR count). The van der Waals surface area contributed by atoms with Gasteiger partial charge in [0.2, 0.25) is 0 Å². The van der Waals surface area contributed by atoms with Gasteiger partial charge in [-0.05, 0) is 13.0 Å². The van der Waals surface area contributed by atoms with Crippen LogP contribution in [0.25, 0.3) is 0 Å². The monoisotopic (exact) mass is 233 g/mol. The lowest BCUT2D eigenvalue weighted by Crippen LogP contribution is -2.12. The molecular weight excluding hydrogens is 221 g/mol. The normalized spacial score (nSPS) is 10.1. The Morgan fingerprint density at radius 2 is 2.00 bits per heavy atom. The SMILES string of the molecule is CCNc1nc(N(C)C)c(Cl)cc1Cl. The standard InChI is InChI=1S/C9H13Cl2N3/c1-4-12-8-6(10)5-7(11)9(13-8)14(2)3/h5H,4H2,1-3H3,(H,12,13). The highest BCUT2D eigenvalue weighted by Gasteiger charge is 2.09. The maximum Gasteiger partial charge on any atom is 0.149 e. The Hall–Kier alpha value is -0.670. The van der Waals surface area contributed by atoms with Crippen LogP contribution in [0.4, 0.5) is 11.6 Å². The van der Waals surface area contributed by atoms with Crippen molar-refractivity contribution in [2.75, 3.05) is 30.9 Å². The molecule has 0 aliphatic heterocycles. The van der Waals surface area contributed by atoms with Crippen LogP contribution < -0.4 is 10.2 Å². The zero-order valence-electron chi connectivity index (χ0n) is 8.43. The van der Waals surface area contributed by atoms with E-state index in [1.54, 1.807) is 6.07 Å². The summed E-state index contributed by atoms with van der Waals surface area (Å²) in [6.07, 6.45) is 0. The summed E-state index contributed by atoms with van der Waals surface area (Å²) in [6, 6.07) is 1.70. The van der Waals surface area contributed by atoms with Gasteiger partial charge in [0.15, 0.2) is 0 Å². The molecule has 0 amide bonds. The van der Waals surface area contributed by atoms with Crippen LogP contribution >= 0.6 is 23.2 Å². The van der Waals surface area contributed by atoms with Gasteiger partial charge in [0.25, 0.3) is 0 Å². The number of nitrogens with zero attached hydrogens (tertiary/aromatic N) is 2. The Bertz CT molecular complexity index is 326. The van der Waals surface area contributed by atoms with Crippen LogP contribution in [0.5, 0.6) is 0 Å². The predicted octanol–water partition coefficient (Wildman–Crippen LogP) is 2.89. The average Bonchev–Trinajstić information content (AvgIpc) is 2.09. The van der Waals surface area contributed by atoms with E-state index in [-0.39, 0.29) is 0 Å². The molecule has 0 saturated heterocycles. The Morgan fingerprint density at radius 3 is 2.50 bits per heavy atom. The number of rotatable bonds is 3. The maximum atomic E-state index is 5.98. The van der Waals surface area contributed by atoms with Crippen molar-refractivity contribution in [3.05, 3.63) is 16.1 Å². The van der Waals surface area contributed by atoms with Crippen molar-refractivity contribution in [1.82, 2.24) is 4.98 Å². The third-order valence-corrected chi connectivity index (χ3v) is 2.25. The first kappa shape index (κ1) is 11.4. The first-order chi connectivity index (χ1) is 6.56. The average molecular weight is 234 g/mol. The van der Waals surface area contributed by atoms with E-state index >= 15 is 0 Å². The molecule has 1 heterocycles. The number of hydrogen-bond acceptors (Lipinski definition) is 3. The van der Waals surface area contributed by atoms with Crippen molar-refractivity contribution < 1.29 is 0 Å². The van der Waals surface area contributed by atoms with E-state index in [0.717, 1.165) is 6.54 Å². The van der Waals surface area contributed by atoms with Crippen molar-refractivity contribution in [2.24, 2.45) is 0 Å². The molecule has 3 nitrogen and oxygen atoms in total. The summed E-state index contributed by atoms with van der Waals surface area (Å²) in [6.45, 7) is 2.77. The first-order valence-electron chi connectivity index (χ1n) is 4.33. The van der Waals surface area contributed by atoms with E-state index < -0.39 is 0 Å². The molecule has 0 aliphatic rings. The van der Waals surface area contributed by atoms with Crippen molar-refractivity contribution >= 4 is 34.8 Å². The lowest BCUT2D eigenvalue weighted by molar-refractivity contribution is 1.06. The highest BCUT2D eigenvalue weighted by atomic mass is 35.5. The Morgan fingerprint density at radius 1 is 1.36 bits per heavy atom. The minimum Gasteiger partial charge on any atom is -0.369 e. The third kappa shape index (κ3) is 2.42. The molecule has 0 aliphatic carbocycles. The molecule has 0 fully saturated rings. The van der Waals surface area contributed by atoms with Gasteiger partial charge in [-0.25, -0.2) is 4.98 Å². The molecule has 0 aromatic carbocycles. The van der Waals surface area contributed by atoms with E-state index in [0.29, 0.717) is 21.7 Å². The summed E-state index contributed by atoms with van der Waals surface area (Å²) in [5.74, 6) is 1.38. The van der Waals surface area contributed by atoms with E-state index in [9.17, 15) is 0 Å². The molecule has 14 heavy (non-hydrogen) atoms. The van der Waals surface area contributed by atoms with Gasteiger partial charge in [-0.2, -0.15) is 0 Å². The fourth-order valence-electron chi connectivity index (χ4n) is 1.06. The fraction of sp³-hybridized carbons (Fsp3) is 0.444. The summed E-state index contributed by atoms with van der Waals surface area (Å²) >= 11 is 11.9. The molecule has 0 atom stereocenters. The lowest BCUT2D eigenvalue weighted by Gasteiger charge is -2.15. The second-order valence-corrected chi connectivity index (χ2v) is 3.86. The quantitative estimate of drug-likeness (QED) is 0.871. The second kappa shape index (κ2) is 4.71. The largest absolute Gasteiger partial charge is 0.369 e. The van der Waals surface area contributed by atoms with Crippen molar-refractivity contribution in [3.8, 4) is 0 Å². The lowest BCUT2D eigenvalue weighted by atomic mass is 10.4. The molecule has 1 N–H and O–H groups in total. The van der Waals surface area contributed by atoms with Gasteiger partial charge in [-0.15, -0.1) is 0 Å². The second-order valence-electron chi connectivity index (χ2n) is 3.05. The number of halogens is 2. The van der Waals surface area contributed by atoms with Gasteiger partial charge in [0.05, 0.1) is 10.0 Å². The summed E-state index contributed by atoms with van der Waals surface area (Å²) in [5.41, 5.74) is 0. The summed E-state index contributed by atoms with van der Waals surface area (Å²) in [4.78, 5) is 6.16. The van der Waals surface area contributed by atoms with Crippen molar-refractivity contribution in [1.29, 1.82) is 0 Å². The van der Waals surface area contributed by atoms with Crippen LogP contribution in [-0.4, -0.2) is 25.6 Å². The number of anilines is 2.